The van der Waals surface area contributed by atoms with Gasteiger partial charge in [-0.25, -0.2) is 0 Å². The number of rotatable bonds is 7. The summed E-state index contributed by atoms with van der Waals surface area (Å²) in [5.74, 6) is -0.695. The van der Waals surface area contributed by atoms with Gasteiger partial charge in [-0.15, -0.1) is 0 Å². The molecule has 0 bridgehead atoms. The number of carbonyl (C=O) groups is 3. The van der Waals surface area contributed by atoms with Crippen LogP contribution in [0.25, 0.3) is 0 Å². The van der Waals surface area contributed by atoms with Gasteiger partial charge in [0.25, 0.3) is 5.91 Å². The lowest BCUT2D eigenvalue weighted by Gasteiger charge is -2.20. The predicted molar refractivity (Wildman–Crippen MR) is 83.6 cm³/mol. The Morgan fingerprint density at radius 2 is 1.95 bits per heavy atom. The maximum atomic E-state index is 12.4. The second-order valence-electron chi connectivity index (χ2n) is 4.70. The Morgan fingerprint density at radius 3 is 2.55 bits per heavy atom. The van der Waals surface area contributed by atoms with Crippen molar-refractivity contribution < 1.29 is 19.1 Å². The van der Waals surface area contributed by atoms with E-state index in [1.807, 2.05) is 6.92 Å². The van der Waals surface area contributed by atoms with Gasteiger partial charge in [-0.1, -0.05) is 6.07 Å². The van der Waals surface area contributed by atoms with Crippen molar-refractivity contribution in [1.29, 1.82) is 0 Å². The van der Waals surface area contributed by atoms with Crippen LogP contribution in [0.5, 0.6) is 0 Å². The van der Waals surface area contributed by atoms with Crippen molar-refractivity contribution in [3.05, 3.63) is 29.8 Å². The first kappa shape index (κ1) is 17.7. The first-order valence-electron chi connectivity index (χ1n) is 7.30. The second-order valence-corrected chi connectivity index (χ2v) is 4.70. The molecule has 0 aliphatic heterocycles. The normalized spacial score (nSPS) is 9.95. The number of carbonyl (C=O) groups excluding carboxylic acids is 3. The van der Waals surface area contributed by atoms with E-state index in [1.165, 1.54) is 6.92 Å². The smallest absolute Gasteiger partial charge is 0.307 e. The quantitative estimate of drug-likeness (QED) is 0.782. The van der Waals surface area contributed by atoms with Gasteiger partial charge in [0.2, 0.25) is 5.91 Å². The van der Waals surface area contributed by atoms with Crippen LogP contribution < -0.4 is 5.32 Å². The molecule has 0 fully saturated rings. The highest BCUT2D eigenvalue weighted by Crippen LogP contribution is 2.13. The minimum Gasteiger partial charge on any atom is -0.466 e. The highest BCUT2D eigenvalue weighted by Gasteiger charge is 2.16. The van der Waals surface area contributed by atoms with Gasteiger partial charge in [-0.05, 0) is 32.0 Å². The number of ether oxygens (including phenoxy) is 1. The molecule has 0 heterocycles. The molecule has 1 aromatic rings. The predicted octanol–water partition coefficient (Wildman–Crippen LogP) is 2.06. The Bertz CT molecular complexity index is 543. The average Bonchev–Trinajstić information content (AvgIpc) is 2.47. The number of amides is 2. The van der Waals surface area contributed by atoms with Gasteiger partial charge in [0.15, 0.2) is 0 Å². The van der Waals surface area contributed by atoms with Gasteiger partial charge < -0.3 is 15.0 Å². The van der Waals surface area contributed by atoms with Gasteiger partial charge in [-0.2, -0.15) is 0 Å². The molecule has 0 spiro atoms. The summed E-state index contributed by atoms with van der Waals surface area (Å²) >= 11 is 0. The zero-order valence-electron chi connectivity index (χ0n) is 13.2. The zero-order valence-corrected chi connectivity index (χ0v) is 13.2. The van der Waals surface area contributed by atoms with Crippen LogP contribution in [0.3, 0.4) is 0 Å². The van der Waals surface area contributed by atoms with Crippen LogP contribution in [0.2, 0.25) is 0 Å². The Hall–Kier alpha value is -2.37. The highest BCUT2D eigenvalue weighted by molar-refractivity contribution is 5.97. The average molecular weight is 306 g/mol. The van der Waals surface area contributed by atoms with E-state index in [0.29, 0.717) is 30.9 Å². The third-order valence-electron chi connectivity index (χ3n) is 2.99. The number of benzene rings is 1. The minimum absolute atomic E-state index is 0.165. The number of nitrogens with zero attached hydrogens (tertiary/aromatic N) is 1. The van der Waals surface area contributed by atoms with Crippen molar-refractivity contribution in [2.45, 2.75) is 27.2 Å². The van der Waals surface area contributed by atoms with Crippen LogP contribution in [0, 0.1) is 0 Å². The Balaban J connectivity index is 2.74. The van der Waals surface area contributed by atoms with Crippen molar-refractivity contribution in [2.24, 2.45) is 0 Å². The minimum atomic E-state index is -0.319. The molecular formula is C16H22N2O4. The fourth-order valence-electron chi connectivity index (χ4n) is 1.98. The first-order valence-corrected chi connectivity index (χ1v) is 7.30. The van der Waals surface area contributed by atoms with Crippen molar-refractivity contribution in [2.75, 3.05) is 25.0 Å². The molecule has 1 aromatic carbocycles. The molecule has 0 aromatic heterocycles. The highest BCUT2D eigenvalue weighted by atomic mass is 16.5. The molecule has 0 saturated carbocycles. The van der Waals surface area contributed by atoms with Crippen molar-refractivity contribution in [1.82, 2.24) is 4.90 Å². The van der Waals surface area contributed by atoms with Crippen molar-refractivity contribution in [3.63, 3.8) is 0 Å². The Kier molecular flexibility index (Phi) is 7.08. The van der Waals surface area contributed by atoms with E-state index >= 15 is 0 Å². The second kappa shape index (κ2) is 8.81. The SMILES string of the molecule is CCOC(=O)CCN(CC)C(=O)c1cccc(NC(C)=O)c1. The molecule has 22 heavy (non-hydrogen) atoms. The summed E-state index contributed by atoms with van der Waals surface area (Å²) < 4.78 is 4.86. The van der Waals surface area contributed by atoms with Crippen LogP contribution in [-0.2, 0) is 14.3 Å². The molecule has 120 valence electrons. The number of hydrogen-bond acceptors (Lipinski definition) is 4. The third kappa shape index (κ3) is 5.55. The molecule has 0 atom stereocenters. The zero-order chi connectivity index (χ0) is 16.5. The monoisotopic (exact) mass is 306 g/mol. The summed E-state index contributed by atoms with van der Waals surface area (Å²) in [5.41, 5.74) is 1.04. The van der Waals surface area contributed by atoms with E-state index in [4.69, 9.17) is 4.74 Å². The van der Waals surface area contributed by atoms with Crippen molar-refractivity contribution >= 4 is 23.5 Å². The topological polar surface area (TPSA) is 75.7 Å². The van der Waals surface area contributed by atoms with E-state index in [0.717, 1.165) is 0 Å². The van der Waals surface area contributed by atoms with Crippen LogP contribution in [-0.4, -0.2) is 42.4 Å². The van der Waals surface area contributed by atoms with Crippen LogP contribution in [0.15, 0.2) is 24.3 Å². The van der Waals surface area contributed by atoms with Gasteiger partial charge in [-0.3, -0.25) is 14.4 Å². The first-order chi connectivity index (χ1) is 10.5. The lowest BCUT2D eigenvalue weighted by Crippen LogP contribution is -2.33. The lowest BCUT2D eigenvalue weighted by atomic mass is 10.1. The number of nitrogens with one attached hydrogen (secondary N) is 1. The summed E-state index contributed by atoms with van der Waals surface area (Å²) in [4.78, 5) is 36.5. The van der Waals surface area contributed by atoms with E-state index in [9.17, 15) is 14.4 Å². The Morgan fingerprint density at radius 1 is 1.23 bits per heavy atom. The lowest BCUT2D eigenvalue weighted by molar-refractivity contribution is -0.143. The summed E-state index contributed by atoms with van der Waals surface area (Å²) in [5, 5.41) is 2.64. The molecule has 0 saturated heterocycles. The van der Waals surface area contributed by atoms with Crippen molar-refractivity contribution in [3.8, 4) is 0 Å². The largest absolute Gasteiger partial charge is 0.466 e. The molecule has 0 unspecified atom stereocenters. The molecule has 2 amide bonds. The maximum absolute atomic E-state index is 12.4. The number of anilines is 1. The van der Waals surface area contributed by atoms with E-state index in [-0.39, 0.29) is 24.2 Å². The van der Waals surface area contributed by atoms with E-state index < -0.39 is 0 Å². The standard InChI is InChI=1S/C16H22N2O4/c1-4-18(10-9-15(20)22-5-2)16(21)13-7-6-8-14(11-13)17-12(3)19/h6-8,11H,4-5,9-10H2,1-3H3,(H,17,19). The van der Waals surface area contributed by atoms with Crippen LogP contribution >= 0.6 is 0 Å². The maximum Gasteiger partial charge on any atom is 0.307 e. The molecular weight excluding hydrogens is 284 g/mol. The molecule has 0 aliphatic rings. The third-order valence-corrected chi connectivity index (χ3v) is 2.99. The summed E-state index contributed by atoms with van der Waals surface area (Å²) in [6.45, 7) is 6.12. The molecule has 6 nitrogen and oxygen atoms in total. The van der Waals surface area contributed by atoms with Gasteiger partial charge in [0, 0.05) is 31.3 Å². The van der Waals surface area contributed by atoms with Gasteiger partial charge in [0.05, 0.1) is 13.0 Å². The molecule has 1 rings (SSSR count). The van der Waals surface area contributed by atoms with Crippen LogP contribution in [0.1, 0.15) is 37.6 Å². The molecule has 0 radical (unpaired) electrons. The Labute approximate surface area is 130 Å². The summed E-state index contributed by atoms with van der Waals surface area (Å²) in [6.07, 6.45) is 0.165. The molecule has 0 aliphatic carbocycles. The fraction of sp³-hybridized carbons (Fsp3) is 0.438. The molecule has 6 heteroatoms. The van der Waals surface area contributed by atoms with E-state index in [2.05, 4.69) is 5.32 Å². The summed E-state index contributed by atoms with van der Waals surface area (Å²) in [7, 11) is 0. The van der Waals surface area contributed by atoms with Gasteiger partial charge in [0.1, 0.15) is 0 Å². The fourth-order valence-corrected chi connectivity index (χ4v) is 1.98. The van der Waals surface area contributed by atoms with Crippen LogP contribution in [0.4, 0.5) is 5.69 Å². The number of hydrogen-bond donors (Lipinski definition) is 1. The molecule has 1 N–H and O–H groups in total. The van der Waals surface area contributed by atoms with Gasteiger partial charge >= 0.3 is 5.97 Å². The summed E-state index contributed by atoms with van der Waals surface area (Å²) in [6, 6.07) is 6.72. The number of esters is 1. The van der Waals surface area contributed by atoms with E-state index in [1.54, 1.807) is 36.1 Å².